The molecule has 0 unspecified atom stereocenters. The number of amides is 1. The van der Waals surface area contributed by atoms with Crippen molar-refractivity contribution >= 4 is 39.6 Å². The van der Waals surface area contributed by atoms with E-state index in [1.54, 1.807) is 17.5 Å². The van der Waals surface area contributed by atoms with Gasteiger partial charge in [0, 0.05) is 4.88 Å². The van der Waals surface area contributed by atoms with Crippen LogP contribution in [0, 0.1) is 11.3 Å². The largest absolute Gasteiger partial charge is 0.451 e. The highest BCUT2D eigenvalue weighted by Gasteiger charge is 2.23. The van der Waals surface area contributed by atoms with E-state index in [9.17, 15) is 14.9 Å². The van der Waals surface area contributed by atoms with Crippen molar-refractivity contribution in [1.82, 2.24) is 0 Å². The molecule has 3 rings (SSSR count). The summed E-state index contributed by atoms with van der Waals surface area (Å²) in [5.41, 5.74) is 1.61. The fourth-order valence-corrected chi connectivity index (χ4v) is 4.24. The fraction of sp³-hybridized carbons (Fsp3) is 0.267. The van der Waals surface area contributed by atoms with Gasteiger partial charge in [-0.25, -0.2) is 4.79 Å². The van der Waals surface area contributed by atoms with Crippen LogP contribution in [-0.4, -0.2) is 18.5 Å². The highest BCUT2D eigenvalue weighted by atomic mass is 32.1. The number of ether oxygens (including phenoxy) is 1. The number of aryl methyl sites for hydroxylation is 1. The van der Waals surface area contributed by atoms with Crippen molar-refractivity contribution in [2.45, 2.75) is 19.3 Å². The van der Waals surface area contributed by atoms with Gasteiger partial charge in [0.1, 0.15) is 15.9 Å². The molecule has 0 saturated heterocycles. The SMILES string of the molecule is N#Cc1c(NC(=O)COC(=O)c2cccs2)sc2c1CCC2. The molecule has 1 aliphatic carbocycles. The third kappa shape index (κ3) is 2.89. The predicted molar refractivity (Wildman–Crippen MR) is 84.3 cm³/mol. The summed E-state index contributed by atoms with van der Waals surface area (Å²) in [6, 6.07) is 5.54. The van der Waals surface area contributed by atoms with Gasteiger partial charge in [-0.15, -0.1) is 22.7 Å². The highest BCUT2D eigenvalue weighted by molar-refractivity contribution is 7.16. The number of nitrogens with zero attached hydrogens (tertiary/aromatic N) is 1. The lowest BCUT2D eigenvalue weighted by Gasteiger charge is -2.05. The Balaban J connectivity index is 1.61. The normalized spacial score (nSPS) is 12.5. The summed E-state index contributed by atoms with van der Waals surface area (Å²) in [5, 5.41) is 14.3. The Hall–Kier alpha value is -2.17. The lowest BCUT2D eigenvalue weighted by Crippen LogP contribution is -2.20. The summed E-state index contributed by atoms with van der Waals surface area (Å²) in [6.07, 6.45) is 2.90. The molecule has 0 aromatic carbocycles. The molecule has 2 aromatic heterocycles. The molecular formula is C15H12N2O3S2. The Morgan fingerprint density at radius 3 is 3.00 bits per heavy atom. The molecule has 0 atom stereocenters. The first-order valence-electron chi connectivity index (χ1n) is 6.74. The number of carbonyl (C=O) groups is 2. The summed E-state index contributed by atoms with van der Waals surface area (Å²) in [5.74, 6) is -0.944. The molecule has 0 saturated carbocycles. The van der Waals surface area contributed by atoms with Crippen LogP contribution in [0.4, 0.5) is 5.00 Å². The van der Waals surface area contributed by atoms with Crippen LogP contribution in [-0.2, 0) is 22.4 Å². The average molecular weight is 332 g/mol. The summed E-state index contributed by atoms with van der Waals surface area (Å²) < 4.78 is 4.95. The van der Waals surface area contributed by atoms with E-state index < -0.39 is 11.9 Å². The van der Waals surface area contributed by atoms with Crippen molar-refractivity contribution in [1.29, 1.82) is 5.26 Å². The number of esters is 1. The number of anilines is 1. The first-order valence-corrected chi connectivity index (χ1v) is 8.43. The lowest BCUT2D eigenvalue weighted by atomic mass is 10.1. The summed E-state index contributed by atoms with van der Waals surface area (Å²) in [6.45, 7) is -0.357. The van der Waals surface area contributed by atoms with E-state index in [1.165, 1.54) is 27.6 Å². The number of rotatable bonds is 4. The minimum absolute atomic E-state index is 0.357. The van der Waals surface area contributed by atoms with E-state index in [-0.39, 0.29) is 6.61 Å². The Labute approximate surface area is 135 Å². The van der Waals surface area contributed by atoms with E-state index in [1.807, 2.05) is 0 Å². The Morgan fingerprint density at radius 2 is 2.27 bits per heavy atom. The van der Waals surface area contributed by atoms with E-state index in [0.717, 1.165) is 24.8 Å². The predicted octanol–water partition coefficient (Wildman–Crippen LogP) is 2.97. The maximum Gasteiger partial charge on any atom is 0.348 e. The number of hydrogen-bond acceptors (Lipinski definition) is 6. The fourth-order valence-electron chi connectivity index (χ4n) is 2.37. The van der Waals surface area contributed by atoms with Crippen molar-refractivity contribution in [3.63, 3.8) is 0 Å². The molecule has 0 fully saturated rings. The second-order valence-corrected chi connectivity index (χ2v) is 6.83. The zero-order valence-electron chi connectivity index (χ0n) is 11.5. The van der Waals surface area contributed by atoms with Crippen LogP contribution in [0.3, 0.4) is 0 Å². The molecule has 1 N–H and O–H groups in total. The van der Waals surface area contributed by atoms with Gasteiger partial charge in [-0.2, -0.15) is 5.26 Å². The van der Waals surface area contributed by atoms with Crippen LogP contribution >= 0.6 is 22.7 Å². The van der Waals surface area contributed by atoms with Crippen molar-refractivity contribution in [3.8, 4) is 6.07 Å². The Bertz CT molecular complexity index is 757. The molecule has 22 heavy (non-hydrogen) atoms. The van der Waals surface area contributed by atoms with E-state index in [4.69, 9.17) is 4.74 Å². The summed E-state index contributed by atoms with van der Waals surface area (Å²) in [7, 11) is 0. The monoisotopic (exact) mass is 332 g/mol. The van der Waals surface area contributed by atoms with E-state index in [0.29, 0.717) is 15.4 Å². The van der Waals surface area contributed by atoms with E-state index in [2.05, 4.69) is 11.4 Å². The van der Waals surface area contributed by atoms with Gasteiger partial charge in [-0.1, -0.05) is 6.07 Å². The molecule has 0 radical (unpaired) electrons. The van der Waals surface area contributed by atoms with Crippen LogP contribution in [0.5, 0.6) is 0 Å². The third-order valence-corrected chi connectivity index (χ3v) is 5.40. The number of thiophene rings is 2. The average Bonchev–Trinajstić information content (AvgIpc) is 3.21. The van der Waals surface area contributed by atoms with Gasteiger partial charge in [-0.05, 0) is 36.3 Å². The van der Waals surface area contributed by atoms with Crippen LogP contribution < -0.4 is 5.32 Å². The van der Waals surface area contributed by atoms with Crippen molar-refractivity contribution < 1.29 is 14.3 Å². The van der Waals surface area contributed by atoms with Gasteiger partial charge >= 0.3 is 5.97 Å². The maximum absolute atomic E-state index is 11.9. The smallest absolute Gasteiger partial charge is 0.348 e. The van der Waals surface area contributed by atoms with Gasteiger partial charge in [0.2, 0.25) is 0 Å². The second-order valence-electron chi connectivity index (χ2n) is 4.77. The van der Waals surface area contributed by atoms with Gasteiger partial charge in [-0.3, -0.25) is 4.79 Å². The van der Waals surface area contributed by atoms with Crippen molar-refractivity contribution in [3.05, 3.63) is 38.4 Å². The first-order chi connectivity index (χ1) is 10.7. The van der Waals surface area contributed by atoms with Crippen LogP contribution in [0.25, 0.3) is 0 Å². The van der Waals surface area contributed by atoms with Crippen molar-refractivity contribution in [2.75, 3.05) is 11.9 Å². The van der Waals surface area contributed by atoms with Crippen molar-refractivity contribution in [2.24, 2.45) is 0 Å². The minimum Gasteiger partial charge on any atom is -0.451 e. The number of carbonyl (C=O) groups excluding carboxylic acids is 2. The first kappa shape index (κ1) is 14.8. The molecule has 2 aromatic rings. The molecule has 7 heteroatoms. The Morgan fingerprint density at radius 1 is 1.41 bits per heavy atom. The standard InChI is InChI=1S/C15H12N2O3S2/c16-7-10-9-3-1-4-11(9)22-14(10)17-13(18)8-20-15(19)12-5-2-6-21-12/h2,5-6H,1,3-4,8H2,(H,17,18). The molecule has 1 amide bonds. The van der Waals surface area contributed by atoms with Gasteiger partial charge in [0.05, 0.1) is 5.56 Å². The van der Waals surface area contributed by atoms with Crippen LogP contribution in [0.1, 0.15) is 32.1 Å². The third-order valence-electron chi connectivity index (χ3n) is 3.34. The zero-order chi connectivity index (χ0) is 15.5. The number of nitriles is 1. The van der Waals surface area contributed by atoms with Crippen LogP contribution in [0.15, 0.2) is 17.5 Å². The Kier molecular flexibility index (Phi) is 4.22. The number of fused-ring (bicyclic) bond motifs is 1. The molecule has 1 aliphatic rings. The quantitative estimate of drug-likeness (QED) is 0.873. The summed E-state index contributed by atoms with van der Waals surface area (Å²) in [4.78, 5) is 25.2. The number of nitrogens with one attached hydrogen (secondary N) is 1. The molecular weight excluding hydrogens is 320 g/mol. The second kappa shape index (κ2) is 6.30. The van der Waals surface area contributed by atoms with Crippen LogP contribution in [0.2, 0.25) is 0 Å². The molecule has 5 nitrogen and oxygen atoms in total. The maximum atomic E-state index is 11.9. The highest BCUT2D eigenvalue weighted by Crippen LogP contribution is 2.38. The summed E-state index contributed by atoms with van der Waals surface area (Å²) >= 11 is 2.70. The molecule has 0 aliphatic heterocycles. The lowest BCUT2D eigenvalue weighted by molar-refractivity contribution is -0.119. The topological polar surface area (TPSA) is 79.2 Å². The molecule has 0 spiro atoms. The van der Waals surface area contributed by atoms with Gasteiger partial charge < -0.3 is 10.1 Å². The molecule has 0 bridgehead atoms. The van der Waals surface area contributed by atoms with E-state index >= 15 is 0 Å². The van der Waals surface area contributed by atoms with Gasteiger partial charge in [0.25, 0.3) is 5.91 Å². The molecule has 112 valence electrons. The zero-order valence-corrected chi connectivity index (χ0v) is 13.2. The van der Waals surface area contributed by atoms with Gasteiger partial charge in [0.15, 0.2) is 6.61 Å². The number of hydrogen-bond donors (Lipinski definition) is 1. The molecule has 2 heterocycles. The minimum atomic E-state index is -0.515.